The van der Waals surface area contributed by atoms with Crippen molar-refractivity contribution in [3.05, 3.63) is 35.9 Å². The molecule has 0 unspecified atom stereocenters. The summed E-state index contributed by atoms with van der Waals surface area (Å²) in [6.07, 6.45) is 5.06. The van der Waals surface area contributed by atoms with E-state index in [0.29, 0.717) is 6.61 Å². The number of aliphatic hydroxyl groups is 1. The fourth-order valence-electron chi connectivity index (χ4n) is 1.96. The first-order valence-electron chi connectivity index (χ1n) is 6.74. The quantitative estimate of drug-likeness (QED) is 0.870. The molecule has 17 heavy (non-hydrogen) atoms. The van der Waals surface area contributed by atoms with E-state index in [2.05, 4.69) is 35.2 Å². The predicted octanol–water partition coefficient (Wildman–Crippen LogP) is 3.06. The highest BCUT2D eigenvalue weighted by atomic mass is 16.2. The van der Waals surface area contributed by atoms with Crippen LogP contribution >= 0.6 is 0 Å². The molecule has 1 N–H and O–H groups in total. The van der Waals surface area contributed by atoms with E-state index in [4.69, 9.17) is 5.11 Å². The third kappa shape index (κ3) is 6.44. The molecule has 1 fully saturated rings. The zero-order chi connectivity index (χ0) is 12.3. The lowest BCUT2D eigenvalue weighted by Crippen LogP contribution is -2.28. The Bertz CT molecular complexity index is 266. The fraction of sp³-hybridized carbons (Fsp3) is 0.600. The molecule has 0 aliphatic carbocycles. The highest BCUT2D eigenvalue weighted by molar-refractivity contribution is 5.14. The lowest BCUT2D eigenvalue weighted by atomic mass is 10.1. The van der Waals surface area contributed by atoms with Crippen LogP contribution < -0.4 is 0 Å². The first-order chi connectivity index (χ1) is 8.36. The number of benzene rings is 1. The number of aliphatic hydroxyl groups excluding tert-OH is 1. The summed E-state index contributed by atoms with van der Waals surface area (Å²) in [5.41, 5.74) is 1.45. The summed E-state index contributed by atoms with van der Waals surface area (Å²) >= 11 is 0. The van der Waals surface area contributed by atoms with Gasteiger partial charge in [-0.3, -0.25) is 4.90 Å². The van der Waals surface area contributed by atoms with Gasteiger partial charge >= 0.3 is 0 Å². The van der Waals surface area contributed by atoms with Crippen LogP contribution in [0.4, 0.5) is 0 Å². The molecule has 0 bridgehead atoms. The number of rotatable bonds is 3. The van der Waals surface area contributed by atoms with E-state index in [1.165, 1.54) is 37.9 Å². The summed E-state index contributed by atoms with van der Waals surface area (Å²) in [6, 6.07) is 10.8. The molecule has 1 heterocycles. The lowest BCUT2D eigenvalue weighted by molar-refractivity contribution is 0.221. The average Bonchev–Trinajstić information content (AvgIpc) is 2.41. The molecule has 2 rings (SSSR count). The van der Waals surface area contributed by atoms with E-state index in [1.54, 1.807) is 0 Å². The lowest BCUT2D eigenvalue weighted by Gasteiger charge is -2.26. The van der Waals surface area contributed by atoms with Crippen LogP contribution in [0.25, 0.3) is 0 Å². The molecule has 1 aromatic rings. The molecule has 2 nitrogen and oxygen atoms in total. The SMILES string of the molecule is CCCO.c1ccc(CN2CCCCC2)cc1. The van der Waals surface area contributed by atoms with Crippen molar-refractivity contribution in [2.24, 2.45) is 0 Å². The fourth-order valence-corrected chi connectivity index (χ4v) is 1.96. The monoisotopic (exact) mass is 235 g/mol. The molecule has 1 aliphatic heterocycles. The van der Waals surface area contributed by atoms with Crippen LogP contribution in [0.15, 0.2) is 30.3 Å². The van der Waals surface area contributed by atoms with Crippen molar-refractivity contribution < 1.29 is 5.11 Å². The van der Waals surface area contributed by atoms with Crippen molar-refractivity contribution in [2.75, 3.05) is 19.7 Å². The third-order valence-electron chi connectivity index (χ3n) is 2.92. The Morgan fingerprint density at radius 2 is 1.65 bits per heavy atom. The molecule has 0 radical (unpaired) electrons. The summed E-state index contributed by atoms with van der Waals surface area (Å²) < 4.78 is 0. The van der Waals surface area contributed by atoms with Gasteiger partial charge in [0.25, 0.3) is 0 Å². The molecule has 0 amide bonds. The molecule has 0 saturated carbocycles. The van der Waals surface area contributed by atoms with Gasteiger partial charge in [-0.2, -0.15) is 0 Å². The van der Waals surface area contributed by atoms with Gasteiger partial charge in [-0.05, 0) is 37.9 Å². The van der Waals surface area contributed by atoms with Crippen LogP contribution in [0.1, 0.15) is 38.2 Å². The van der Waals surface area contributed by atoms with Gasteiger partial charge in [0.1, 0.15) is 0 Å². The second kappa shape index (κ2) is 9.20. The van der Waals surface area contributed by atoms with E-state index < -0.39 is 0 Å². The van der Waals surface area contributed by atoms with Crippen molar-refractivity contribution in [3.8, 4) is 0 Å². The maximum atomic E-state index is 7.88. The van der Waals surface area contributed by atoms with Crippen molar-refractivity contribution in [1.82, 2.24) is 4.90 Å². The molecule has 96 valence electrons. The molecule has 1 aromatic carbocycles. The van der Waals surface area contributed by atoms with Crippen LogP contribution in [0.5, 0.6) is 0 Å². The zero-order valence-electron chi connectivity index (χ0n) is 10.9. The molecule has 0 spiro atoms. The van der Waals surface area contributed by atoms with E-state index >= 15 is 0 Å². The van der Waals surface area contributed by atoms with E-state index in [9.17, 15) is 0 Å². The Hall–Kier alpha value is -0.860. The molecule has 0 atom stereocenters. The number of nitrogens with zero attached hydrogens (tertiary/aromatic N) is 1. The smallest absolute Gasteiger partial charge is 0.0428 e. The maximum absolute atomic E-state index is 7.88. The number of hydrogen-bond donors (Lipinski definition) is 1. The highest BCUT2D eigenvalue weighted by Crippen LogP contribution is 2.12. The Labute approximate surface area is 105 Å². The summed E-state index contributed by atoms with van der Waals surface area (Å²) in [5.74, 6) is 0. The summed E-state index contributed by atoms with van der Waals surface area (Å²) in [4.78, 5) is 2.55. The second-order valence-corrected chi connectivity index (χ2v) is 4.55. The first-order valence-corrected chi connectivity index (χ1v) is 6.74. The standard InChI is InChI=1S/C12H17N.C3H8O/c1-3-7-12(8-4-1)11-13-9-5-2-6-10-13;1-2-3-4/h1,3-4,7-8H,2,5-6,9-11H2;4H,2-3H2,1H3. The van der Waals surface area contributed by atoms with Gasteiger partial charge in [0.2, 0.25) is 0 Å². The van der Waals surface area contributed by atoms with E-state index in [0.717, 1.165) is 13.0 Å². The van der Waals surface area contributed by atoms with Gasteiger partial charge in [0.15, 0.2) is 0 Å². The summed E-state index contributed by atoms with van der Waals surface area (Å²) in [6.45, 7) is 5.96. The largest absolute Gasteiger partial charge is 0.396 e. The van der Waals surface area contributed by atoms with Crippen LogP contribution in [0, 0.1) is 0 Å². The van der Waals surface area contributed by atoms with Crippen molar-refractivity contribution in [3.63, 3.8) is 0 Å². The molecular weight excluding hydrogens is 210 g/mol. The normalized spacial score (nSPS) is 16.1. The van der Waals surface area contributed by atoms with Gasteiger partial charge in [-0.15, -0.1) is 0 Å². The first kappa shape index (κ1) is 14.2. The Morgan fingerprint density at radius 1 is 1.06 bits per heavy atom. The minimum atomic E-state index is 0.319. The van der Waals surface area contributed by atoms with Crippen LogP contribution in [0.3, 0.4) is 0 Å². The van der Waals surface area contributed by atoms with E-state index in [-0.39, 0.29) is 0 Å². The van der Waals surface area contributed by atoms with Gasteiger partial charge in [-0.25, -0.2) is 0 Å². The van der Waals surface area contributed by atoms with Crippen LogP contribution in [0.2, 0.25) is 0 Å². The third-order valence-corrected chi connectivity index (χ3v) is 2.92. The molecule has 1 saturated heterocycles. The van der Waals surface area contributed by atoms with Gasteiger partial charge in [0.05, 0.1) is 0 Å². The number of hydrogen-bond acceptors (Lipinski definition) is 2. The van der Waals surface area contributed by atoms with Crippen LogP contribution in [-0.4, -0.2) is 29.7 Å². The minimum absolute atomic E-state index is 0.319. The molecule has 2 heteroatoms. The predicted molar refractivity (Wildman–Crippen MR) is 72.9 cm³/mol. The Morgan fingerprint density at radius 3 is 2.18 bits per heavy atom. The van der Waals surface area contributed by atoms with Gasteiger partial charge < -0.3 is 5.11 Å². The number of likely N-dealkylation sites (tertiary alicyclic amines) is 1. The Balaban J connectivity index is 0.000000317. The molecule has 0 aromatic heterocycles. The minimum Gasteiger partial charge on any atom is -0.396 e. The second-order valence-electron chi connectivity index (χ2n) is 4.55. The van der Waals surface area contributed by atoms with E-state index in [1.807, 2.05) is 6.92 Å². The molecule has 1 aliphatic rings. The maximum Gasteiger partial charge on any atom is 0.0428 e. The number of piperidine rings is 1. The van der Waals surface area contributed by atoms with Gasteiger partial charge in [-0.1, -0.05) is 43.7 Å². The van der Waals surface area contributed by atoms with Crippen molar-refractivity contribution in [2.45, 2.75) is 39.2 Å². The zero-order valence-corrected chi connectivity index (χ0v) is 10.9. The van der Waals surface area contributed by atoms with Crippen molar-refractivity contribution in [1.29, 1.82) is 0 Å². The van der Waals surface area contributed by atoms with Crippen molar-refractivity contribution >= 4 is 0 Å². The topological polar surface area (TPSA) is 23.5 Å². The highest BCUT2D eigenvalue weighted by Gasteiger charge is 2.09. The van der Waals surface area contributed by atoms with Crippen LogP contribution in [-0.2, 0) is 6.54 Å². The summed E-state index contributed by atoms with van der Waals surface area (Å²) in [5, 5.41) is 7.88. The molecular formula is C15H25NO. The average molecular weight is 235 g/mol. The Kier molecular flexibility index (Phi) is 7.69. The summed E-state index contributed by atoms with van der Waals surface area (Å²) in [7, 11) is 0. The van der Waals surface area contributed by atoms with Gasteiger partial charge in [0, 0.05) is 13.2 Å².